The van der Waals surface area contributed by atoms with Gasteiger partial charge in [0.25, 0.3) is 0 Å². The first-order valence-corrected chi connectivity index (χ1v) is 6.87. The molecule has 1 aromatic carbocycles. The van der Waals surface area contributed by atoms with Crippen molar-refractivity contribution in [2.24, 2.45) is 5.92 Å². The van der Waals surface area contributed by atoms with Crippen LogP contribution in [0.3, 0.4) is 0 Å². The van der Waals surface area contributed by atoms with Crippen molar-refractivity contribution < 1.29 is 14.6 Å². The third kappa shape index (κ3) is 2.27. The lowest BCUT2D eigenvalue weighted by atomic mass is 10.00. The Hall–Kier alpha value is -1.95. The molecule has 6 heteroatoms. The third-order valence-electron chi connectivity index (χ3n) is 3.92. The summed E-state index contributed by atoms with van der Waals surface area (Å²) in [6, 6.07) is 4.89. The Balaban J connectivity index is 1.91. The molecule has 0 bridgehead atoms. The molecule has 2 unspecified atom stereocenters. The zero-order valence-corrected chi connectivity index (χ0v) is 11.3. The Labute approximate surface area is 116 Å². The molecule has 1 saturated heterocycles. The smallest absolute Gasteiger partial charge is 0.335 e. The number of aromatic carboxylic acids is 1. The van der Waals surface area contributed by atoms with Crippen LogP contribution in [0, 0.1) is 5.92 Å². The molecule has 2 heterocycles. The van der Waals surface area contributed by atoms with Crippen molar-refractivity contribution in [1.82, 2.24) is 15.0 Å². The molecule has 0 radical (unpaired) electrons. The van der Waals surface area contributed by atoms with Gasteiger partial charge in [0.1, 0.15) is 5.52 Å². The van der Waals surface area contributed by atoms with Gasteiger partial charge in [0.15, 0.2) is 0 Å². The van der Waals surface area contributed by atoms with Gasteiger partial charge in [-0.25, -0.2) is 9.48 Å². The molecule has 0 saturated carbocycles. The van der Waals surface area contributed by atoms with E-state index in [0.29, 0.717) is 5.92 Å². The van der Waals surface area contributed by atoms with Crippen LogP contribution in [0.25, 0.3) is 11.0 Å². The lowest BCUT2D eigenvalue weighted by Gasteiger charge is -2.16. The molecule has 1 N–H and O–H groups in total. The van der Waals surface area contributed by atoms with E-state index in [4.69, 9.17) is 9.84 Å². The highest BCUT2D eigenvalue weighted by Crippen LogP contribution is 2.26. The topological polar surface area (TPSA) is 77.2 Å². The lowest BCUT2D eigenvalue weighted by Crippen LogP contribution is -2.20. The zero-order chi connectivity index (χ0) is 14.1. The molecule has 1 aliphatic rings. The second kappa shape index (κ2) is 5.20. The average molecular weight is 275 g/mol. The zero-order valence-electron chi connectivity index (χ0n) is 11.3. The van der Waals surface area contributed by atoms with Crippen LogP contribution in [-0.4, -0.2) is 38.8 Å². The minimum Gasteiger partial charge on any atom is -0.478 e. The summed E-state index contributed by atoms with van der Waals surface area (Å²) in [5.74, 6) is -0.520. The normalized spacial score (nSPS) is 22.4. The summed E-state index contributed by atoms with van der Waals surface area (Å²) in [6.45, 7) is 3.62. The molecule has 0 spiro atoms. The van der Waals surface area contributed by atoms with E-state index < -0.39 is 5.97 Å². The molecule has 20 heavy (non-hydrogen) atoms. The van der Waals surface area contributed by atoms with Gasteiger partial charge in [-0.1, -0.05) is 12.1 Å². The second-order valence-electron chi connectivity index (χ2n) is 5.15. The predicted molar refractivity (Wildman–Crippen MR) is 72.6 cm³/mol. The number of carboxylic acids is 1. The molecule has 6 nitrogen and oxygen atoms in total. The van der Waals surface area contributed by atoms with Gasteiger partial charge < -0.3 is 9.84 Å². The van der Waals surface area contributed by atoms with E-state index in [-0.39, 0.29) is 11.7 Å². The third-order valence-corrected chi connectivity index (χ3v) is 3.92. The molecule has 1 fully saturated rings. The van der Waals surface area contributed by atoms with Crippen molar-refractivity contribution in [3.05, 3.63) is 23.8 Å². The van der Waals surface area contributed by atoms with E-state index in [1.54, 1.807) is 22.9 Å². The van der Waals surface area contributed by atoms with Gasteiger partial charge >= 0.3 is 5.97 Å². The summed E-state index contributed by atoms with van der Waals surface area (Å²) in [4.78, 5) is 11.1. The number of ether oxygens (including phenoxy) is 1. The largest absolute Gasteiger partial charge is 0.478 e. The Bertz CT molecular complexity index is 638. The van der Waals surface area contributed by atoms with Crippen LogP contribution >= 0.6 is 0 Å². The summed E-state index contributed by atoms with van der Waals surface area (Å²) in [7, 11) is 0. The Morgan fingerprint density at radius 1 is 1.55 bits per heavy atom. The molecule has 0 aliphatic carbocycles. The van der Waals surface area contributed by atoms with Gasteiger partial charge in [-0.2, -0.15) is 0 Å². The highest BCUT2D eigenvalue weighted by molar-refractivity contribution is 5.92. The summed E-state index contributed by atoms with van der Waals surface area (Å²) in [5, 5.41) is 17.3. The Morgan fingerprint density at radius 3 is 3.15 bits per heavy atom. The first-order valence-electron chi connectivity index (χ1n) is 6.87. The molecular formula is C14H17N3O3. The fraction of sp³-hybridized carbons (Fsp3) is 0.500. The number of nitrogens with zero attached hydrogens (tertiary/aromatic N) is 3. The summed E-state index contributed by atoms with van der Waals surface area (Å²) < 4.78 is 7.48. The number of carboxylic acid groups (broad SMARTS) is 1. The van der Waals surface area contributed by atoms with Gasteiger partial charge in [-0.05, 0) is 31.0 Å². The van der Waals surface area contributed by atoms with Crippen molar-refractivity contribution in [3.8, 4) is 0 Å². The van der Waals surface area contributed by atoms with Crippen molar-refractivity contribution in [1.29, 1.82) is 0 Å². The Morgan fingerprint density at radius 2 is 2.40 bits per heavy atom. The fourth-order valence-electron chi connectivity index (χ4n) is 2.81. The van der Waals surface area contributed by atoms with Gasteiger partial charge in [0.05, 0.1) is 17.2 Å². The molecular weight excluding hydrogens is 258 g/mol. The van der Waals surface area contributed by atoms with Crippen LogP contribution in [0.5, 0.6) is 0 Å². The van der Waals surface area contributed by atoms with Crippen LogP contribution in [0.15, 0.2) is 18.2 Å². The molecule has 3 rings (SSSR count). The van der Waals surface area contributed by atoms with Crippen molar-refractivity contribution in [2.45, 2.75) is 32.4 Å². The molecule has 0 amide bonds. The minimum absolute atomic E-state index is 0.260. The van der Waals surface area contributed by atoms with E-state index in [1.807, 2.05) is 0 Å². The number of benzene rings is 1. The standard InChI is InChI=1S/C14H17N3O3/c1-2-13-10(5-6-20-13)8-17-12-7-9(14(18)19)3-4-11(12)15-16-17/h3-4,7,10,13H,2,5-6,8H2,1H3,(H,18,19). The predicted octanol–water partition coefficient (Wildman–Crippen LogP) is 1.94. The molecule has 2 atom stereocenters. The van der Waals surface area contributed by atoms with Crippen LogP contribution in [0.1, 0.15) is 30.1 Å². The number of fused-ring (bicyclic) bond motifs is 1. The fourth-order valence-corrected chi connectivity index (χ4v) is 2.81. The minimum atomic E-state index is -0.935. The maximum absolute atomic E-state index is 11.1. The molecule has 2 aromatic rings. The summed E-state index contributed by atoms with van der Waals surface area (Å²) >= 11 is 0. The van der Waals surface area contributed by atoms with Gasteiger partial charge in [0, 0.05) is 19.1 Å². The quantitative estimate of drug-likeness (QED) is 0.922. The van der Waals surface area contributed by atoms with Crippen molar-refractivity contribution >= 4 is 17.0 Å². The van der Waals surface area contributed by atoms with Crippen molar-refractivity contribution in [2.75, 3.05) is 6.61 Å². The van der Waals surface area contributed by atoms with E-state index in [2.05, 4.69) is 17.2 Å². The van der Waals surface area contributed by atoms with Gasteiger partial charge in [-0.15, -0.1) is 5.10 Å². The molecule has 106 valence electrons. The van der Waals surface area contributed by atoms with Crippen LogP contribution in [-0.2, 0) is 11.3 Å². The lowest BCUT2D eigenvalue weighted by molar-refractivity contribution is 0.0697. The number of hydrogen-bond acceptors (Lipinski definition) is 4. The maximum atomic E-state index is 11.1. The number of hydrogen-bond donors (Lipinski definition) is 1. The number of rotatable bonds is 4. The highest BCUT2D eigenvalue weighted by Gasteiger charge is 2.27. The maximum Gasteiger partial charge on any atom is 0.335 e. The second-order valence-corrected chi connectivity index (χ2v) is 5.15. The monoisotopic (exact) mass is 275 g/mol. The van der Waals surface area contributed by atoms with E-state index in [0.717, 1.165) is 37.0 Å². The number of carbonyl (C=O) groups is 1. The van der Waals surface area contributed by atoms with E-state index >= 15 is 0 Å². The van der Waals surface area contributed by atoms with E-state index in [9.17, 15) is 4.79 Å². The van der Waals surface area contributed by atoms with Crippen LogP contribution in [0.2, 0.25) is 0 Å². The van der Waals surface area contributed by atoms with Crippen molar-refractivity contribution in [3.63, 3.8) is 0 Å². The average Bonchev–Trinajstić information content (AvgIpc) is 3.05. The van der Waals surface area contributed by atoms with Crippen LogP contribution < -0.4 is 0 Å². The molecule has 1 aliphatic heterocycles. The first-order chi connectivity index (χ1) is 9.69. The summed E-state index contributed by atoms with van der Waals surface area (Å²) in [6.07, 6.45) is 2.26. The Kier molecular flexibility index (Phi) is 3.40. The van der Waals surface area contributed by atoms with Crippen LogP contribution in [0.4, 0.5) is 0 Å². The summed E-state index contributed by atoms with van der Waals surface area (Å²) in [5.41, 5.74) is 1.75. The number of aromatic nitrogens is 3. The van der Waals surface area contributed by atoms with Gasteiger partial charge in [0.2, 0.25) is 0 Å². The highest BCUT2D eigenvalue weighted by atomic mass is 16.5. The van der Waals surface area contributed by atoms with Gasteiger partial charge in [-0.3, -0.25) is 0 Å². The molecule has 1 aromatic heterocycles. The SMILES string of the molecule is CCC1OCCC1Cn1nnc2ccc(C(=O)O)cc21. The first kappa shape index (κ1) is 13.1. The van der Waals surface area contributed by atoms with E-state index in [1.165, 1.54) is 0 Å².